The maximum absolute atomic E-state index is 6.06. The molecular weight excluding hydrogens is 268 g/mol. The molecule has 0 aliphatic heterocycles. The van der Waals surface area contributed by atoms with Gasteiger partial charge in [0.2, 0.25) is 0 Å². The number of nitrogen functional groups attached to an aromatic ring is 1. The summed E-state index contributed by atoms with van der Waals surface area (Å²) < 4.78 is 0. The third-order valence-electron chi connectivity index (χ3n) is 3.47. The predicted octanol–water partition coefficient (Wildman–Crippen LogP) is 4.97. The number of nitrogens with one attached hydrogen (secondary N) is 1. The van der Waals surface area contributed by atoms with E-state index in [4.69, 9.17) is 17.3 Å². The van der Waals surface area contributed by atoms with Crippen LogP contribution in [0.1, 0.15) is 36.5 Å². The zero-order chi connectivity index (χ0) is 14.7. The van der Waals surface area contributed by atoms with Crippen molar-refractivity contribution in [2.75, 3.05) is 11.1 Å². The van der Waals surface area contributed by atoms with Crippen molar-refractivity contribution in [3.05, 3.63) is 58.1 Å². The van der Waals surface area contributed by atoms with Gasteiger partial charge in [0.05, 0.1) is 10.7 Å². The van der Waals surface area contributed by atoms with Gasteiger partial charge in [-0.1, -0.05) is 49.7 Å². The number of benzene rings is 2. The highest BCUT2D eigenvalue weighted by atomic mass is 35.5. The van der Waals surface area contributed by atoms with Crippen molar-refractivity contribution in [1.29, 1.82) is 0 Å². The summed E-state index contributed by atoms with van der Waals surface area (Å²) in [4.78, 5) is 0. The Kier molecular flexibility index (Phi) is 4.56. The van der Waals surface area contributed by atoms with Crippen molar-refractivity contribution >= 4 is 23.0 Å². The molecule has 2 rings (SSSR count). The Labute approximate surface area is 126 Å². The fourth-order valence-electron chi connectivity index (χ4n) is 2.11. The molecule has 0 spiro atoms. The van der Waals surface area contributed by atoms with Crippen molar-refractivity contribution < 1.29 is 0 Å². The van der Waals surface area contributed by atoms with Crippen LogP contribution < -0.4 is 11.1 Å². The van der Waals surface area contributed by atoms with Gasteiger partial charge in [-0.25, -0.2) is 0 Å². The second kappa shape index (κ2) is 6.19. The summed E-state index contributed by atoms with van der Waals surface area (Å²) in [7, 11) is 0. The minimum atomic E-state index is 0.565. The molecule has 0 amide bonds. The van der Waals surface area contributed by atoms with E-state index in [0.717, 1.165) is 17.8 Å². The smallest absolute Gasteiger partial charge is 0.0656 e. The molecule has 0 saturated heterocycles. The molecule has 106 valence electrons. The van der Waals surface area contributed by atoms with Crippen LogP contribution in [0.15, 0.2) is 36.4 Å². The van der Waals surface area contributed by atoms with Gasteiger partial charge in [-0.15, -0.1) is 0 Å². The van der Waals surface area contributed by atoms with Crippen molar-refractivity contribution in [2.24, 2.45) is 0 Å². The number of halogens is 1. The Morgan fingerprint density at radius 1 is 1.15 bits per heavy atom. The highest BCUT2D eigenvalue weighted by Crippen LogP contribution is 2.27. The van der Waals surface area contributed by atoms with E-state index in [1.54, 1.807) is 0 Å². The normalized spacial score (nSPS) is 10.8. The first-order valence-electron chi connectivity index (χ1n) is 6.85. The van der Waals surface area contributed by atoms with Gasteiger partial charge in [-0.05, 0) is 41.7 Å². The van der Waals surface area contributed by atoms with Crippen molar-refractivity contribution in [3.63, 3.8) is 0 Å². The number of nitrogens with two attached hydrogens (primary N) is 1. The second-order valence-electron chi connectivity index (χ2n) is 5.44. The van der Waals surface area contributed by atoms with Crippen LogP contribution in [0, 0.1) is 6.92 Å². The molecule has 20 heavy (non-hydrogen) atoms. The van der Waals surface area contributed by atoms with E-state index in [1.807, 2.05) is 19.1 Å². The predicted molar refractivity (Wildman–Crippen MR) is 88.5 cm³/mol. The molecule has 0 bridgehead atoms. The summed E-state index contributed by atoms with van der Waals surface area (Å²) in [5.74, 6) is 0.565. The van der Waals surface area contributed by atoms with Gasteiger partial charge in [-0.2, -0.15) is 0 Å². The molecule has 0 atom stereocenters. The van der Waals surface area contributed by atoms with E-state index in [0.29, 0.717) is 16.6 Å². The zero-order valence-electron chi connectivity index (χ0n) is 12.2. The van der Waals surface area contributed by atoms with Crippen LogP contribution in [0.25, 0.3) is 0 Å². The van der Waals surface area contributed by atoms with Gasteiger partial charge in [0.15, 0.2) is 0 Å². The number of rotatable bonds is 4. The number of hydrogen-bond donors (Lipinski definition) is 2. The number of anilines is 2. The van der Waals surface area contributed by atoms with Crippen LogP contribution in [0.2, 0.25) is 5.02 Å². The van der Waals surface area contributed by atoms with Crippen LogP contribution in [0.4, 0.5) is 11.4 Å². The molecule has 2 aromatic rings. The maximum Gasteiger partial charge on any atom is 0.0656 e. The molecule has 0 unspecified atom stereocenters. The van der Waals surface area contributed by atoms with Gasteiger partial charge in [0.25, 0.3) is 0 Å². The van der Waals surface area contributed by atoms with Crippen LogP contribution in [0.3, 0.4) is 0 Å². The SMILES string of the molecule is Cc1cc(N)c(Cl)cc1NCc1ccc(C(C)C)cc1. The molecule has 2 nitrogen and oxygen atoms in total. The van der Waals surface area contributed by atoms with E-state index in [-0.39, 0.29) is 0 Å². The fraction of sp³-hybridized carbons (Fsp3) is 0.294. The minimum absolute atomic E-state index is 0.565. The number of hydrogen-bond acceptors (Lipinski definition) is 2. The number of aryl methyl sites for hydroxylation is 1. The van der Waals surface area contributed by atoms with E-state index in [9.17, 15) is 0 Å². The largest absolute Gasteiger partial charge is 0.398 e. The quantitative estimate of drug-likeness (QED) is 0.780. The molecule has 0 saturated carbocycles. The average Bonchev–Trinajstić information content (AvgIpc) is 2.42. The Hall–Kier alpha value is -1.67. The third-order valence-corrected chi connectivity index (χ3v) is 3.80. The third kappa shape index (κ3) is 3.45. The van der Waals surface area contributed by atoms with E-state index in [1.165, 1.54) is 11.1 Å². The standard InChI is InChI=1S/C17H21ClN2/c1-11(2)14-6-4-13(5-7-14)10-20-17-9-15(18)16(19)8-12(17)3/h4-9,11,20H,10,19H2,1-3H3. The van der Waals surface area contributed by atoms with Crippen LogP contribution in [0.5, 0.6) is 0 Å². The molecule has 0 aliphatic rings. The Morgan fingerprint density at radius 3 is 2.40 bits per heavy atom. The van der Waals surface area contributed by atoms with Crippen molar-refractivity contribution in [3.8, 4) is 0 Å². The summed E-state index contributed by atoms with van der Waals surface area (Å²) in [6.45, 7) is 7.20. The monoisotopic (exact) mass is 288 g/mol. The fourth-order valence-corrected chi connectivity index (χ4v) is 2.28. The minimum Gasteiger partial charge on any atom is -0.398 e. The zero-order valence-corrected chi connectivity index (χ0v) is 13.0. The van der Waals surface area contributed by atoms with Crippen LogP contribution >= 0.6 is 11.6 Å². The van der Waals surface area contributed by atoms with Crippen LogP contribution in [-0.4, -0.2) is 0 Å². The highest BCUT2D eigenvalue weighted by molar-refractivity contribution is 6.33. The molecule has 0 aromatic heterocycles. The van der Waals surface area contributed by atoms with E-state index < -0.39 is 0 Å². The van der Waals surface area contributed by atoms with E-state index >= 15 is 0 Å². The first-order chi connectivity index (χ1) is 9.47. The van der Waals surface area contributed by atoms with Gasteiger partial charge in [0.1, 0.15) is 0 Å². The molecule has 0 heterocycles. The summed E-state index contributed by atoms with van der Waals surface area (Å²) in [6.07, 6.45) is 0. The Bertz CT molecular complexity index is 589. The van der Waals surface area contributed by atoms with E-state index in [2.05, 4.69) is 43.4 Å². The molecule has 0 radical (unpaired) electrons. The topological polar surface area (TPSA) is 38.0 Å². The molecule has 0 aliphatic carbocycles. The summed E-state index contributed by atoms with van der Waals surface area (Å²) in [5.41, 5.74) is 11.1. The lowest BCUT2D eigenvalue weighted by Gasteiger charge is -2.12. The van der Waals surface area contributed by atoms with Gasteiger partial charge in [-0.3, -0.25) is 0 Å². The lowest BCUT2D eigenvalue weighted by Crippen LogP contribution is -2.02. The average molecular weight is 289 g/mol. The summed E-state index contributed by atoms with van der Waals surface area (Å²) in [6, 6.07) is 12.5. The molecule has 0 fully saturated rings. The van der Waals surface area contributed by atoms with Crippen molar-refractivity contribution in [2.45, 2.75) is 33.2 Å². The Morgan fingerprint density at radius 2 is 1.80 bits per heavy atom. The first kappa shape index (κ1) is 14.7. The molecule has 2 aromatic carbocycles. The second-order valence-corrected chi connectivity index (χ2v) is 5.85. The highest BCUT2D eigenvalue weighted by Gasteiger charge is 2.04. The maximum atomic E-state index is 6.06. The molecule has 3 N–H and O–H groups in total. The van der Waals surface area contributed by atoms with Crippen molar-refractivity contribution in [1.82, 2.24) is 0 Å². The van der Waals surface area contributed by atoms with Gasteiger partial charge >= 0.3 is 0 Å². The summed E-state index contributed by atoms with van der Waals surface area (Å²) >= 11 is 6.06. The lowest BCUT2D eigenvalue weighted by atomic mass is 10.0. The molecule has 3 heteroatoms. The van der Waals surface area contributed by atoms with Gasteiger partial charge < -0.3 is 11.1 Å². The van der Waals surface area contributed by atoms with Gasteiger partial charge in [0, 0.05) is 12.2 Å². The Balaban J connectivity index is 2.07. The molecular formula is C17H21ClN2. The van der Waals surface area contributed by atoms with Crippen LogP contribution in [-0.2, 0) is 6.54 Å². The summed E-state index contributed by atoms with van der Waals surface area (Å²) in [5, 5.41) is 4.00. The first-order valence-corrected chi connectivity index (χ1v) is 7.23. The lowest BCUT2D eigenvalue weighted by molar-refractivity contribution is 0.865.